The van der Waals surface area contributed by atoms with Crippen LogP contribution >= 0.6 is 0 Å². The van der Waals surface area contributed by atoms with Gasteiger partial charge in [-0.05, 0) is 36.9 Å². The number of hydrogen-bond acceptors (Lipinski definition) is 6. The molecule has 164 valence electrons. The van der Waals surface area contributed by atoms with Gasteiger partial charge in [0.1, 0.15) is 5.75 Å². The average molecular weight is 464 g/mol. The minimum absolute atomic E-state index is 0. The molecule has 2 atom stereocenters. The second-order valence-corrected chi connectivity index (χ2v) is 9.52. The molecule has 32 heavy (non-hydrogen) atoms. The molecule has 3 heterocycles. The minimum Gasteiger partial charge on any atom is -0.493 e. The van der Waals surface area contributed by atoms with Crippen molar-refractivity contribution in [1.82, 2.24) is 15.0 Å². The van der Waals surface area contributed by atoms with Crippen LogP contribution in [0.5, 0.6) is 5.75 Å². The van der Waals surface area contributed by atoms with Crippen molar-refractivity contribution in [3.05, 3.63) is 47.8 Å². The van der Waals surface area contributed by atoms with Gasteiger partial charge in [-0.15, -0.1) is 0 Å². The third-order valence-electron chi connectivity index (χ3n) is 6.02. The van der Waals surface area contributed by atoms with Crippen molar-refractivity contribution in [3.63, 3.8) is 0 Å². The quantitative estimate of drug-likeness (QED) is 0.476. The van der Waals surface area contributed by atoms with Crippen LogP contribution in [0.4, 0.5) is 0 Å². The van der Waals surface area contributed by atoms with E-state index in [1.54, 1.807) is 6.20 Å². The molecule has 0 radical (unpaired) electrons. The Labute approximate surface area is 212 Å². The Morgan fingerprint density at radius 2 is 2.06 bits per heavy atom. The van der Waals surface area contributed by atoms with Crippen LogP contribution in [0.25, 0.3) is 11.0 Å². The maximum Gasteiger partial charge on any atom is 1.00 e. The fourth-order valence-corrected chi connectivity index (χ4v) is 5.34. The van der Waals surface area contributed by atoms with Gasteiger partial charge in [0.15, 0.2) is 5.79 Å². The summed E-state index contributed by atoms with van der Waals surface area (Å²) in [6.45, 7) is 3.12. The Morgan fingerprint density at radius 3 is 2.88 bits per heavy atom. The third kappa shape index (κ3) is 5.11. The van der Waals surface area contributed by atoms with Gasteiger partial charge in [-0.25, -0.2) is 0 Å². The Hall–Kier alpha value is -1.29. The molecule has 1 spiro atoms. The van der Waals surface area contributed by atoms with Gasteiger partial charge >= 0.3 is 29.6 Å². The van der Waals surface area contributed by atoms with Crippen molar-refractivity contribution < 1.29 is 48.0 Å². The van der Waals surface area contributed by atoms with E-state index >= 15 is 0 Å². The topological polar surface area (TPSA) is 84.6 Å². The molecule has 2 aliphatic rings. The van der Waals surface area contributed by atoms with Gasteiger partial charge in [-0.1, -0.05) is 24.3 Å². The van der Waals surface area contributed by atoms with Gasteiger partial charge in [0.05, 0.1) is 41.6 Å². The molecule has 1 saturated heterocycles. The van der Waals surface area contributed by atoms with Crippen LogP contribution in [0.2, 0.25) is 0 Å². The van der Waals surface area contributed by atoms with Gasteiger partial charge in [-0.3, -0.25) is 9.19 Å². The third-order valence-corrected chi connectivity index (χ3v) is 7.15. The number of rotatable bonds is 7. The summed E-state index contributed by atoms with van der Waals surface area (Å²) in [7, 11) is -1.38. The number of para-hydroxylation sites is 2. The maximum absolute atomic E-state index is 12.8. The van der Waals surface area contributed by atoms with Crippen LogP contribution in [-0.4, -0.2) is 39.3 Å². The van der Waals surface area contributed by atoms with E-state index in [1.807, 2.05) is 37.3 Å². The molecule has 1 aliphatic carbocycles. The molecule has 7 nitrogen and oxygen atoms in total. The van der Waals surface area contributed by atoms with Crippen LogP contribution in [0.1, 0.15) is 43.4 Å². The molecule has 3 aromatic rings. The molecule has 0 amide bonds. The second kappa shape index (κ2) is 10.3. The van der Waals surface area contributed by atoms with Gasteiger partial charge in [0.2, 0.25) is 0 Å². The molecule has 9 heteroatoms. The first-order valence-electron chi connectivity index (χ1n) is 10.8. The van der Waals surface area contributed by atoms with E-state index in [0.717, 1.165) is 47.3 Å². The zero-order chi connectivity index (χ0) is 21.3. The largest absolute Gasteiger partial charge is 1.00 e. The summed E-state index contributed by atoms with van der Waals surface area (Å²) in [4.78, 5) is 13.2. The summed E-state index contributed by atoms with van der Waals surface area (Å²) in [5, 5.41) is 0.341. The van der Waals surface area contributed by atoms with E-state index < -0.39 is 10.8 Å². The van der Waals surface area contributed by atoms with Crippen molar-refractivity contribution in [1.29, 1.82) is 0 Å². The zero-order valence-corrected chi connectivity index (χ0v) is 21.4. The molecule has 2 aromatic heterocycles. The van der Waals surface area contributed by atoms with Gasteiger partial charge in [0.25, 0.3) is 0 Å². The summed E-state index contributed by atoms with van der Waals surface area (Å²) >= 11 is 0. The predicted octanol–water partition coefficient (Wildman–Crippen LogP) is 0.662. The second-order valence-electron chi connectivity index (χ2n) is 8.17. The van der Waals surface area contributed by atoms with E-state index in [-0.39, 0.29) is 47.2 Å². The summed E-state index contributed by atoms with van der Waals surface area (Å²) in [6, 6.07) is 9.38. The summed E-state index contributed by atoms with van der Waals surface area (Å²) in [5.74, 6) is 0.675. The number of hydrogen-bond donors (Lipinski definition) is 0. The van der Waals surface area contributed by atoms with E-state index in [1.165, 1.54) is 12.8 Å². The maximum atomic E-state index is 12.8. The van der Waals surface area contributed by atoms with Gasteiger partial charge in [-0.2, -0.15) is 0 Å². The molecule has 1 aliphatic heterocycles. The summed E-state index contributed by atoms with van der Waals surface area (Å²) in [6.07, 6.45) is 6.90. The number of imidazole rings is 1. The predicted molar refractivity (Wildman–Crippen MR) is 116 cm³/mol. The smallest absolute Gasteiger partial charge is 0.493 e. The molecule has 2 unspecified atom stereocenters. The first-order chi connectivity index (χ1) is 15.1. The number of ether oxygens (including phenoxy) is 3. The van der Waals surface area contributed by atoms with Crippen molar-refractivity contribution in [3.8, 4) is 5.75 Å². The molecule has 1 saturated carbocycles. The fraction of sp³-hybridized carbons (Fsp3) is 0.478. The Kier molecular flexibility index (Phi) is 7.69. The summed E-state index contributed by atoms with van der Waals surface area (Å²) < 4.78 is 30.9. The molecule has 5 rings (SSSR count). The van der Waals surface area contributed by atoms with Crippen LogP contribution in [0, 0.1) is 6.92 Å². The van der Waals surface area contributed by atoms with Crippen molar-refractivity contribution >= 4 is 21.8 Å². The van der Waals surface area contributed by atoms with E-state index in [2.05, 4.69) is 15.0 Å². The Balaban J connectivity index is 0.00000245. The number of fused-ring (bicyclic) bond motifs is 1. The molecule has 1 aromatic carbocycles. The SMILES string of the molecule is Cc1c(OCCC2COC3(CCCC3)O2)ccnc1CS(=O)c1nc2ccccc2[n-]1.[Na+]. The number of aromatic nitrogens is 3. The molecular weight excluding hydrogens is 437 g/mol. The van der Waals surface area contributed by atoms with Crippen LogP contribution in [0.3, 0.4) is 0 Å². The standard InChI is InChI=1S/C23H26N3O4S.Na/c1-16-20(15-31(27)22-25-18-6-2-3-7-19(18)26-22)24-12-8-21(16)28-13-9-17-14-29-23(30-17)10-4-5-11-23;/h2-3,6-8,12,17H,4-5,9-11,13-15H2,1H3;/q-1;+1. The molecule has 0 N–H and O–H groups in total. The normalized spacial score (nSPS) is 20.5. The monoisotopic (exact) mass is 463 g/mol. The molecule has 2 fully saturated rings. The molecular formula is C23H26N3NaO4S. The van der Waals surface area contributed by atoms with Crippen molar-refractivity contribution in [2.24, 2.45) is 0 Å². The van der Waals surface area contributed by atoms with Gasteiger partial charge in [0, 0.05) is 36.2 Å². The zero-order valence-electron chi connectivity index (χ0n) is 18.6. The van der Waals surface area contributed by atoms with E-state index in [0.29, 0.717) is 18.4 Å². The number of benzene rings is 1. The van der Waals surface area contributed by atoms with Crippen LogP contribution in [-0.2, 0) is 26.0 Å². The summed E-state index contributed by atoms with van der Waals surface area (Å²) in [5.41, 5.74) is 3.13. The van der Waals surface area contributed by atoms with Crippen molar-refractivity contribution in [2.45, 2.75) is 61.8 Å². The Morgan fingerprint density at radius 1 is 1.25 bits per heavy atom. The number of pyridine rings is 1. The van der Waals surface area contributed by atoms with Crippen LogP contribution in [0.15, 0.2) is 41.7 Å². The molecule has 0 bridgehead atoms. The van der Waals surface area contributed by atoms with Gasteiger partial charge < -0.3 is 24.2 Å². The fourth-order valence-electron chi connectivity index (χ4n) is 4.27. The number of nitrogens with zero attached hydrogens (tertiary/aromatic N) is 3. The van der Waals surface area contributed by atoms with E-state index in [9.17, 15) is 4.21 Å². The van der Waals surface area contributed by atoms with Crippen LogP contribution < -0.4 is 39.3 Å². The van der Waals surface area contributed by atoms with E-state index in [4.69, 9.17) is 14.2 Å². The minimum atomic E-state index is -1.38. The Bertz CT molecular complexity index is 1070. The average Bonchev–Trinajstić information content (AvgIpc) is 3.51. The first kappa shape index (κ1) is 23.9. The van der Waals surface area contributed by atoms with Crippen molar-refractivity contribution in [2.75, 3.05) is 13.2 Å². The first-order valence-corrected chi connectivity index (χ1v) is 12.1.